The van der Waals surface area contributed by atoms with E-state index in [1.165, 1.54) is 31.3 Å². The van der Waals surface area contributed by atoms with Gasteiger partial charge in [0.05, 0.1) is 30.5 Å². The van der Waals surface area contributed by atoms with E-state index in [9.17, 15) is 8.42 Å². The Hall–Kier alpha value is -3.14. The average molecular weight is 375 g/mol. The molecule has 0 saturated carbocycles. The fraction of sp³-hybridized carbons (Fsp3) is 0.188. The number of benzene rings is 2. The molecule has 1 N–H and O–H groups in total. The van der Waals surface area contributed by atoms with Crippen molar-refractivity contribution in [1.29, 1.82) is 0 Å². The van der Waals surface area contributed by atoms with Gasteiger partial charge in [-0.15, -0.1) is 5.10 Å². The Balaban J connectivity index is 2.04. The lowest BCUT2D eigenvalue weighted by molar-refractivity contribution is 0.353. The van der Waals surface area contributed by atoms with Gasteiger partial charge in [0.2, 0.25) is 0 Å². The first kappa shape index (κ1) is 17.7. The van der Waals surface area contributed by atoms with Gasteiger partial charge in [0.1, 0.15) is 6.33 Å². The van der Waals surface area contributed by atoms with Crippen molar-refractivity contribution >= 4 is 15.7 Å². The van der Waals surface area contributed by atoms with Crippen LogP contribution in [-0.4, -0.2) is 42.8 Å². The molecule has 1 heterocycles. The summed E-state index contributed by atoms with van der Waals surface area (Å²) in [5.41, 5.74) is 1.36. The van der Waals surface area contributed by atoms with Gasteiger partial charge < -0.3 is 9.47 Å². The van der Waals surface area contributed by atoms with Crippen molar-refractivity contribution in [2.45, 2.75) is 11.8 Å². The van der Waals surface area contributed by atoms with Crippen LogP contribution >= 0.6 is 0 Å². The molecule has 0 aliphatic heterocycles. The summed E-state index contributed by atoms with van der Waals surface area (Å²) in [7, 11) is -0.942. The number of methoxy groups -OCH3 is 2. The largest absolute Gasteiger partial charge is 0.493 e. The third kappa shape index (κ3) is 3.31. The molecule has 1 aromatic heterocycles. The lowest BCUT2D eigenvalue weighted by atomic mass is 10.2. The van der Waals surface area contributed by atoms with Crippen molar-refractivity contribution in [3.8, 4) is 17.2 Å². The molecule has 0 aliphatic carbocycles. The van der Waals surface area contributed by atoms with Gasteiger partial charge in [-0.2, -0.15) is 4.68 Å². The van der Waals surface area contributed by atoms with E-state index in [0.717, 1.165) is 0 Å². The molecule has 9 nitrogen and oxygen atoms in total. The summed E-state index contributed by atoms with van der Waals surface area (Å²) in [5, 5.41) is 11.0. The van der Waals surface area contributed by atoms with Crippen LogP contribution in [0.25, 0.3) is 5.69 Å². The van der Waals surface area contributed by atoms with Gasteiger partial charge in [-0.25, -0.2) is 8.42 Å². The second-order valence-corrected chi connectivity index (χ2v) is 7.00. The third-order valence-electron chi connectivity index (χ3n) is 3.71. The zero-order valence-corrected chi connectivity index (χ0v) is 15.2. The van der Waals surface area contributed by atoms with Crippen molar-refractivity contribution in [3.63, 3.8) is 0 Å². The van der Waals surface area contributed by atoms with Crippen molar-refractivity contribution in [3.05, 3.63) is 48.3 Å². The Labute approximate surface area is 150 Å². The Morgan fingerprint density at radius 1 is 1.08 bits per heavy atom. The van der Waals surface area contributed by atoms with Crippen molar-refractivity contribution in [1.82, 2.24) is 20.2 Å². The number of ether oxygens (including phenoxy) is 2. The number of hydrogen-bond acceptors (Lipinski definition) is 7. The van der Waals surface area contributed by atoms with E-state index in [0.29, 0.717) is 28.4 Å². The Morgan fingerprint density at radius 3 is 2.42 bits per heavy atom. The molecule has 2 aromatic carbocycles. The highest BCUT2D eigenvalue weighted by atomic mass is 32.2. The molecule has 0 unspecified atom stereocenters. The van der Waals surface area contributed by atoms with Gasteiger partial charge in [-0.05, 0) is 41.1 Å². The maximum absolute atomic E-state index is 12.9. The van der Waals surface area contributed by atoms with Crippen LogP contribution in [0.2, 0.25) is 0 Å². The molecule has 10 heteroatoms. The summed E-state index contributed by atoms with van der Waals surface area (Å²) in [4.78, 5) is 0.0849. The van der Waals surface area contributed by atoms with Crippen molar-refractivity contribution < 1.29 is 17.9 Å². The normalized spacial score (nSPS) is 11.2. The molecule has 0 fully saturated rings. The zero-order chi connectivity index (χ0) is 18.7. The van der Waals surface area contributed by atoms with Gasteiger partial charge in [0.25, 0.3) is 10.0 Å². The number of hydrogen-bond donors (Lipinski definition) is 1. The molecule has 26 heavy (non-hydrogen) atoms. The standard InChI is InChI=1S/C16H17N5O4S/c1-11-8-14(24-2)15(25-3)9-16(11)26(22,23)18-12-6-4-5-7-13(12)21-10-17-19-20-21/h4-10,18H,1-3H3. The lowest BCUT2D eigenvalue weighted by Crippen LogP contribution is -2.16. The second kappa shape index (κ2) is 7.00. The third-order valence-corrected chi connectivity index (χ3v) is 5.22. The zero-order valence-electron chi connectivity index (χ0n) is 14.4. The van der Waals surface area contributed by atoms with Crippen LogP contribution in [0.3, 0.4) is 0 Å². The van der Waals surface area contributed by atoms with Gasteiger partial charge in [0.15, 0.2) is 11.5 Å². The number of anilines is 1. The summed E-state index contributed by atoms with van der Waals surface area (Å²) in [6.45, 7) is 1.68. The second-order valence-electron chi connectivity index (χ2n) is 5.35. The number of sulfonamides is 1. The van der Waals surface area contributed by atoms with Crippen LogP contribution in [0.4, 0.5) is 5.69 Å². The molecule has 136 valence electrons. The summed E-state index contributed by atoms with van der Waals surface area (Å²) in [6, 6.07) is 9.85. The average Bonchev–Trinajstić information content (AvgIpc) is 3.15. The number of aromatic nitrogens is 4. The van der Waals surface area contributed by atoms with E-state index in [-0.39, 0.29) is 4.90 Å². The number of nitrogens with zero attached hydrogens (tertiary/aromatic N) is 4. The highest BCUT2D eigenvalue weighted by Crippen LogP contribution is 2.33. The van der Waals surface area contributed by atoms with E-state index in [1.54, 1.807) is 37.3 Å². The number of rotatable bonds is 6. The minimum Gasteiger partial charge on any atom is -0.493 e. The van der Waals surface area contributed by atoms with Crippen LogP contribution in [0.5, 0.6) is 11.5 Å². The predicted octanol–water partition coefficient (Wildman–Crippen LogP) is 1.79. The predicted molar refractivity (Wildman–Crippen MR) is 94.2 cm³/mol. The molecule has 0 amide bonds. The molecule has 3 aromatic rings. The molecule has 3 rings (SSSR count). The number of para-hydroxylation sites is 2. The Kier molecular flexibility index (Phi) is 4.76. The van der Waals surface area contributed by atoms with Crippen LogP contribution in [0.1, 0.15) is 5.56 Å². The van der Waals surface area contributed by atoms with Crippen LogP contribution in [0.15, 0.2) is 47.6 Å². The first-order valence-electron chi connectivity index (χ1n) is 7.54. The fourth-order valence-corrected chi connectivity index (χ4v) is 3.80. The number of nitrogens with one attached hydrogen (secondary N) is 1. The molecule has 0 radical (unpaired) electrons. The number of aryl methyl sites for hydroxylation is 1. The monoisotopic (exact) mass is 375 g/mol. The summed E-state index contributed by atoms with van der Waals surface area (Å²) in [6.07, 6.45) is 1.38. The summed E-state index contributed by atoms with van der Waals surface area (Å²) >= 11 is 0. The summed E-state index contributed by atoms with van der Waals surface area (Å²) in [5.74, 6) is 0.783. The van der Waals surface area contributed by atoms with E-state index < -0.39 is 10.0 Å². The highest BCUT2D eigenvalue weighted by Gasteiger charge is 2.22. The minimum atomic E-state index is -3.88. The van der Waals surface area contributed by atoms with Gasteiger partial charge >= 0.3 is 0 Å². The smallest absolute Gasteiger partial charge is 0.262 e. The topological polar surface area (TPSA) is 108 Å². The molecular formula is C16H17N5O4S. The quantitative estimate of drug-likeness (QED) is 0.699. The summed E-state index contributed by atoms with van der Waals surface area (Å²) < 4.78 is 40.3. The van der Waals surface area contributed by atoms with E-state index in [2.05, 4.69) is 20.2 Å². The lowest BCUT2D eigenvalue weighted by Gasteiger charge is -2.15. The SMILES string of the molecule is COc1cc(C)c(S(=O)(=O)Nc2ccccc2-n2cnnn2)cc1OC. The maximum Gasteiger partial charge on any atom is 0.262 e. The Bertz CT molecular complexity index is 1020. The van der Waals surface area contributed by atoms with Crippen molar-refractivity contribution in [2.75, 3.05) is 18.9 Å². The van der Waals surface area contributed by atoms with Crippen molar-refractivity contribution in [2.24, 2.45) is 0 Å². The van der Waals surface area contributed by atoms with E-state index in [1.807, 2.05) is 0 Å². The van der Waals surface area contributed by atoms with Gasteiger partial charge in [0, 0.05) is 6.07 Å². The molecule has 0 atom stereocenters. The Morgan fingerprint density at radius 2 is 1.77 bits per heavy atom. The minimum absolute atomic E-state index is 0.0849. The van der Waals surface area contributed by atoms with Gasteiger partial charge in [-0.3, -0.25) is 4.72 Å². The van der Waals surface area contributed by atoms with Crippen LogP contribution < -0.4 is 14.2 Å². The van der Waals surface area contributed by atoms with E-state index >= 15 is 0 Å². The maximum atomic E-state index is 12.9. The van der Waals surface area contributed by atoms with Gasteiger partial charge in [-0.1, -0.05) is 12.1 Å². The molecular weight excluding hydrogens is 358 g/mol. The van der Waals surface area contributed by atoms with Crippen LogP contribution in [-0.2, 0) is 10.0 Å². The molecule has 0 bridgehead atoms. The first-order chi connectivity index (χ1) is 12.5. The fourth-order valence-electron chi connectivity index (χ4n) is 2.48. The number of tetrazole rings is 1. The molecule has 0 spiro atoms. The molecule has 0 saturated heterocycles. The first-order valence-corrected chi connectivity index (χ1v) is 9.02. The van der Waals surface area contributed by atoms with Crippen LogP contribution in [0, 0.1) is 6.92 Å². The molecule has 0 aliphatic rings. The van der Waals surface area contributed by atoms with E-state index in [4.69, 9.17) is 9.47 Å². The highest BCUT2D eigenvalue weighted by molar-refractivity contribution is 7.92.